The van der Waals surface area contributed by atoms with E-state index in [1.807, 2.05) is 13.0 Å². The average Bonchev–Trinajstić information content (AvgIpc) is 2.27. The van der Waals surface area contributed by atoms with Crippen LogP contribution in [0.1, 0.15) is 23.7 Å². The SMILES string of the molecule is CCc1cc(CN=O)cnc1CN=[N+]=[N-]. The molecule has 0 bridgehead atoms. The lowest BCUT2D eigenvalue weighted by atomic mass is 10.1. The Morgan fingerprint density at radius 3 is 2.93 bits per heavy atom. The highest BCUT2D eigenvalue weighted by Crippen LogP contribution is 2.12. The molecule has 0 spiro atoms. The van der Waals surface area contributed by atoms with Crippen molar-refractivity contribution in [1.82, 2.24) is 4.98 Å². The second-order valence-electron chi connectivity index (χ2n) is 2.98. The predicted octanol–water partition coefficient (Wildman–Crippen LogP) is 2.72. The highest BCUT2D eigenvalue weighted by atomic mass is 16.3. The topological polar surface area (TPSA) is 91.1 Å². The lowest BCUT2D eigenvalue weighted by Gasteiger charge is -2.05. The molecular formula is C9H11N5O. The number of rotatable bonds is 5. The van der Waals surface area contributed by atoms with Gasteiger partial charge >= 0.3 is 0 Å². The minimum atomic E-state index is 0.127. The molecule has 0 unspecified atom stereocenters. The zero-order valence-electron chi connectivity index (χ0n) is 8.42. The number of hydrogen-bond donors (Lipinski definition) is 0. The summed E-state index contributed by atoms with van der Waals surface area (Å²) in [6.45, 7) is 2.35. The van der Waals surface area contributed by atoms with Gasteiger partial charge < -0.3 is 0 Å². The Kier molecular flexibility index (Phi) is 4.25. The molecule has 0 aromatic carbocycles. The average molecular weight is 205 g/mol. The Morgan fingerprint density at radius 1 is 1.53 bits per heavy atom. The van der Waals surface area contributed by atoms with Crippen molar-refractivity contribution >= 4 is 0 Å². The van der Waals surface area contributed by atoms with Crippen LogP contribution in [0, 0.1) is 4.91 Å². The molecule has 0 N–H and O–H groups in total. The first-order chi connectivity index (χ1) is 7.31. The molecule has 1 aromatic heterocycles. The number of pyridine rings is 1. The van der Waals surface area contributed by atoms with Crippen LogP contribution in [0.5, 0.6) is 0 Å². The van der Waals surface area contributed by atoms with E-state index in [1.165, 1.54) is 0 Å². The van der Waals surface area contributed by atoms with Crippen LogP contribution in [0.3, 0.4) is 0 Å². The summed E-state index contributed by atoms with van der Waals surface area (Å²) < 4.78 is 0. The van der Waals surface area contributed by atoms with Crippen molar-refractivity contribution in [2.24, 2.45) is 10.3 Å². The summed E-state index contributed by atoms with van der Waals surface area (Å²) in [4.78, 5) is 16.9. The molecule has 0 aliphatic carbocycles. The van der Waals surface area contributed by atoms with E-state index < -0.39 is 0 Å². The van der Waals surface area contributed by atoms with Crippen LogP contribution in [0.4, 0.5) is 0 Å². The molecule has 15 heavy (non-hydrogen) atoms. The second-order valence-corrected chi connectivity index (χ2v) is 2.98. The van der Waals surface area contributed by atoms with Crippen molar-refractivity contribution in [3.05, 3.63) is 44.4 Å². The molecule has 1 rings (SSSR count). The van der Waals surface area contributed by atoms with Gasteiger partial charge in [0.2, 0.25) is 0 Å². The minimum Gasteiger partial charge on any atom is -0.261 e. The lowest BCUT2D eigenvalue weighted by Crippen LogP contribution is -1.97. The van der Waals surface area contributed by atoms with Gasteiger partial charge in [-0.2, -0.15) is 4.91 Å². The minimum absolute atomic E-state index is 0.127. The Morgan fingerprint density at radius 2 is 2.33 bits per heavy atom. The number of nitrogens with zero attached hydrogens (tertiary/aromatic N) is 5. The fourth-order valence-corrected chi connectivity index (χ4v) is 1.30. The third-order valence-electron chi connectivity index (χ3n) is 2.03. The monoisotopic (exact) mass is 205 g/mol. The van der Waals surface area contributed by atoms with Gasteiger partial charge in [-0.15, -0.1) is 0 Å². The summed E-state index contributed by atoms with van der Waals surface area (Å²) >= 11 is 0. The molecule has 1 aromatic rings. The van der Waals surface area contributed by atoms with Crippen molar-refractivity contribution in [3.63, 3.8) is 0 Å². The summed E-state index contributed by atoms with van der Waals surface area (Å²) in [7, 11) is 0. The molecule has 6 heteroatoms. The van der Waals surface area contributed by atoms with Crippen molar-refractivity contribution in [3.8, 4) is 0 Å². The highest BCUT2D eigenvalue weighted by Gasteiger charge is 2.03. The molecule has 6 nitrogen and oxygen atoms in total. The maximum Gasteiger partial charge on any atom is 0.108 e. The summed E-state index contributed by atoms with van der Waals surface area (Å²) in [5, 5.41) is 6.26. The van der Waals surface area contributed by atoms with Gasteiger partial charge in [0.05, 0.1) is 6.54 Å². The maximum atomic E-state index is 10.1. The number of nitroso groups, excluding NO2 is 1. The molecule has 0 radical (unpaired) electrons. The highest BCUT2D eigenvalue weighted by molar-refractivity contribution is 5.25. The first-order valence-corrected chi connectivity index (χ1v) is 4.58. The van der Waals surface area contributed by atoms with Gasteiger partial charge in [-0.05, 0) is 23.1 Å². The predicted molar refractivity (Wildman–Crippen MR) is 56.0 cm³/mol. The Balaban J connectivity index is 2.97. The molecule has 0 aliphatic heterocycles. The zero-order chi connectivity index (χ0) is 11.1. The van der Waals surface area contributed by atoms with Gasteiger partial charge in [-0.3, -0.25) is 4.98 Å². The molecule has 0 saturated carbocycles. The third-order valence-corrected chi connectivity index (χ3v) is 2.03. The van der Waals surface area contributed by atoms with E-state index in [1.54, 1.807) is 6.20 Å². The Labute approximate surface area is 86.9 Å². The van der Waals surface area contributed by atoms with E-state index in [4.69, 9.17) is 5.53 Å². The standard InChI is InChI=1S/C9H11N5O/c1-2-8-3-7(5-13-15)4-11-9(8)6-12-14-10/h3-4H,2,5-6H2,1H3. The van der Waals surface area contributed by atoms with Crippen molar-refractivity contribution in [1.29, 1.82) is 0 Å². The van der Waals surface area contributed by atoms with Gasteiger partial charge in [0, 0.05) is 16.8 Å². The van der Waals surface area contributed by atoms with Crippen LogP contribution >= 0.6 is 0 Å². The van der Waals surface area contributed by atoms with Crippen LogP contribution in [-0.2, 0) is 19.5 Å². The van der Waals surface area contributed by atoms with Crippen LogP contribution in [0.25, 0.3) is 10.4 Å². The van der Waals surface area contributed by atoms with Gasteiger partial charge in [0.1, 0.15) is 6.54 Å². The molecule has 0 aliphatic rings. The molecule has 0 atom stereocenters. The van der Waals surface area contributed by atoms with E-state index in [2.05, 4.69) is 20.2 Å². The van der Waals surface area contributed by atoms with Crippen LogP contribution in [-0.4, -0.2) is 4.98 Å². The summed E-state index contributed by atoms with van der Waals surface area (Å²) in [6, 6.07) is 1.87. The fraction of sp³-hybridized carbons (Fsp3) is 0.444. The van der Waals surface area contributed by atoms with Crippen LogP contribution in [0.2, 0.25) is 0 Å². The largest absolute Gasteiger partial charge is 0.261 e. The van der Waals surface area contributed by atoms with Gasteiger partial charge in [0.15, 0.2) is 0 Å². The Bertz CT molecular complexity index is 397. The molecule has 1 heterocycles. The Hall–Kier alpha value is -1.94. The maximum absolute atomic E-state index is 10.1. The third kappa shape index (κ3) is 3.03. The van der Waals surface area contributed by atoms with Gasteiger partial charge in [-0.1, -0.05) is 23.3 Å². The van der Waals surface area contributed by atoms with Gasteiger partial charge in [-0.25, -0.2) is 0 Å². The van der Waals surface area contributed by atoms with Crippen molar-refractivity contribution < 1.29 is 0 Å². The van der Waals surface area contributed by atoms with E-state index in [-0.39, 0.29) is 13.1 Å². The number of hydrogen-bond acceptors (Lipinski definition) is 4. The van der Waals surface area contributed by atoms with Crippen molar-refractivity contribution in [2.75, 3.05) is 0 Å². The normalized spacial score (nSPS) is 9.40. The molecule has 0 saturated heterocycles. The summed E-state index contributed by atoms with van der Waals surface area (Å²) in [6.07, 6.45) is 2.37. The second kappa shape index (κ2) is 5.72. The van der Waals surface area contributed by atoms with E-state index in [0.29, 0.717) is 0 Å². The van der Waals surface area contributed by atoms with Crippen molar-refractivity contribution in [2.45, 2.75) is 26.4 Å². The molecule has 0 fully saturated rings. The fourth-order valence-electron chi connectivity index (χ4n) is 1.30. The molecule has 0 amide bonds. The smallest absolute Gasteiger partial charge is 0.108 e. The van der Waals surface area contributed by atoms with E-state index in [0.717, 1.165) is 23.2 Å². The van der Waals surface area contributed by atoms with Crippen LogP contribution < -0.4 is 0 Å². The number of aryl methyl sites for hydroxylation is 1. The zero-order valence-corrected chi connectivity index (χ0v) is 8.42. The lowest BCUT2D eigenvalue weighted by molar-refractivity contribution is 0.905. The van der Waals surface area contributed by atoms with Crippen LogP contribution in [0.15, 0.2) is 22.6 Å². The first-order valence-electron chi connectivity index (χ1n) is 4.58. The van der Waals surface area contributed by atoms with E-state index in [9.17, 15) is 4.91 Å². The molecular weight excluding hydrogens is 194 g/mol. The number of azide groups is 1. The summed E-state index contributed by atoms with van der Waals surface area (Å²) in [5.41, 5.74) is 10.7. The summed E-state index contributed by atoms with van der Waals surface area (Å²) in [5.74, 6) is 0. The van der Waals surface area contributed by atoms with Gasteiger partial charge in [0.25, 0.3) is 0 Å². The first kappa shape index (κ1) is 11.1. The molecule has 78 valence electrons. The van der Waals surface area contributed by atoms with E-state index >= 15 is 0 Å². The number of aromatic nitrogens is 1. The quantitative estimate of drug-likeness (QED) is 0.320.